The van der Waals surface area contributed by atoms with E-state index in [4.69, 9.17) is 4.74 Å². The molecule has 130 valence electrons. The van der Waals surface area contributed by atoms with Crippen LogP contribution < -0.4 is 0 Å². The highest BCUT2D eigenvalue weighted by Crippen LogP contribution is 2.64. The fourth-order valence-corrected chi connectivity index (χ4v) is 6.17. The summed E-state index contributed by atoms with van der Waals surface area (Å²) < 4.78 is 6.56. The summed E-state index contributed by atoms with van der Waals surface area (Å²) >= 11 is 0. The van der Waals surface area contributed by atoms with Crippen molar-refractivity contribution >= 4 is 5.78 Å². The standard InChI is InChI=1S/C20H32O3/c1-7-18(4)10-8-14-19(5,23-18)11-9-13-17(2,3)15(21)12-16(22)20(13,14)6/h7,13-14,16,22H,1,8-12H2,2-6H3. The van der Waals surface area contributed by atoms with Crippen LogP contribution >= 0.6 is 0 Å². The summed E-state index contributed by atoms with van der Waals surface area (Å²) in [4.78, 5) is 12.5. The molecular formula is C20H32O3. The first kappa shape index (κ1) is 17.2. The third-order valence-electron chi connectivity index (χ3n) is 7.68. The number of ketones is 1. The molecule has 0 amide bonds. The van der Waals surface area contributed by atoms with Crippen LogP contribution in [-0.2, 0) is 9.53 Å². The second-order valence-electron chi connectivity index (χ2n) is 9.34. The van der Waals surface area contributed by atoms with Crippen LogP contribution in [0.15, 0.2) is 12.7 Å². The molecular weight excluding hydrogens is 288 g/mol. The van der Waals surface area contributed by atoms with Crippen molar-refractivity contribution in [2.75, 3.05) is 0 Å². The molecule has 23 heavy (non-hydrogen) atoms. The van der Waals surface area contributed by atoms with Crippen LogP contribution in [0, 0.1) is 22.7 Å². The molecule has 0 spiro atoms. The highest BCUT2D eigenvalue weighted by Gasteiger charge is 2.66. The van der Waals surface area contributed by atoms with Crippen molar-refractivity contribution in [3.05, 3.63) is 12.7 Å². The highest BCUT2D eigenvalue weighted by atomic mass is 16.5. The normalized spacial score (nSPS) is 52.4. The van der Waals surface area contributed by atoms with Crippen molar-refractivity contribution in [2.24, 2.45) is 22.7 Å². The molecule has 1 heterocycles. The van der Waals surface area contributed by atoms with E-state index < -0.39 is 6.10 Å². The van der Waals surface area contributed by atoms with E-state index in [0.29, 0.717) is 0 Å². The Bertz CT molecular complexity index is 539. The van der Waals surface area contributed by atoms with Gasteiger partial charge >= 0.3 is 0 Å². The van der Waals surface area contributed by atoms with Gasteiger partial charge in [0.2, 0.25) is 0 Å². The van der Waals surface area contributed by atoms with E-state index in [2.05, 4.69) is 41.2 Å². The zero-order valence-electron chi connectivity index (χ0n) is 15.3. The van der Waals surface area contributed by atoms with E-state index in [0.717, 1.165) is 25.7 Å². The van der Waals surface area contributed by atoms with E-state index in [9.17, 15) is 9.90 Å². The topological polar surface area (TPSA) is 46.5 Å². The maximum absolute atomic E-state index is 12.5. The lowest BCUT2D eigenvalue weighted by molar-refractivity contribution is -0.268. The van der Waals surface area contributed by atoms with Crippen molar-refractivity contribution in [1.29, 1.82) is 0 Å². The van der Waals surface area contributed by atoms with Crippen molar-refractivity contribution < 1.29 is 14.6 Å². The van der Waals surface area contributed by atoms with Crippen LogP contribution in [0.5, 0.6) is 0 Å². The average Bonchev–Trinajstić information content (AvgIpc) is 2.44. The van der Waals surface area contributed by atoms with Crippen LogP contribution in [-0.4, -0.2) is 28.2 Å². The number of aliphatic hydroxyl groups excluding tert-OH is 1. The van der Waals surface area contributed by atoms with Gasteiger partial charge in [-0.2, -0.15) is 0 Å². The minimum absolute atomic E-state index is 0.212. The van der Waals surface area contributed by atoms with Crippen LogP contribution in [0.25, 0.3) is 0 Å². The number of rotatable bonds is 1. The molecule has 3 rings (SSSR count). The SMILES string of the molecule is C=CC1(C)CCC2C(C)(CCC3C(C)(C)C(=O)CC(O)C23C)O1. The number of aliphatic hydroxyl groups is 1. The van der Waals surface area contributed by atoms with E-state index in [-0.39, 0.29) is 46.1 Å². The number of fused-ring (bicyclic) bond motifs is 3. The molecule has 1 saturated heterocycles. The quantitative estimate of drug-likeness (QED) is 0.746. The Balaban J connectivity index is 2.02. The first-order chi connectivity index (χ1) is 10.5. The summed E-state index contributed by atoms with van der Waals surface area (Å²) in [6.45, 7) is 14.6. The highest BCUT2D eigenvalue weighted by molar-refractivity contribution is 5.86. The first-order valence-electron chi connectivity index (χ1n) is 9.05. The maximum atomic E-state index is 12.5. The van der Waals surface area contributed by atoms with Gasteiger partial charge < -0.3 is 9.84 Å². The predicted molar refractivity (Wildman–Crippen MR) is 91.1 cm³/mol. The van der Waals surface area contributed by atoms with Gasteiger partial charge in [0.1, 0.15) is 5.78 Å². The zero-order valence-corrected chi connectivity index (χ0v) is 15.3. The van der Waals surface area contributed by atoms with Crippen molar-refractivity contribution in [3.8, 4) is 0 Å². The van der Waals surface area contributed by atoms with Gasteiger partial charge in [-0.25, -0.2) is 0 Å². The van der Waals surface area contributed by atoms with Crippen molar-refractivity contribution in [2.45, 2.75) is 84.0 Å². The molecule has 6 unspecified atom stereocenters. The fraction of sp³-hybridized carbons (Fsp3) is 0.850. The molecule has 0 aromatic rings. The van der Waals surface area contributed by atoms with Gasteiger partial charge in [-0.15, -0.1) is 6.58 Å². The summed E-state index contributed by atoms with van der Waals surface area (Å²) in [6, 6.07) is 0. The molecule has 0 aromatic carbocycles. The van der Waals surface area contributed by atoms with Gasteiger partial charge in [0, 0.05) is 17.3 Å². The third-order valence-corrected chi connectivity index (χ3v) is 7.68. The predicted octanol–water partition coefficient (Wildman–Crippen LogP) is 3.89. The maximum Gasteiger partial charge on any atom is 0.141 e. The van der Waals surface area contributed by atoms with Gasteiger partial charge in [-0.1, -0.05) is 26.8 Å². The summed E-state index contributed by atoms with van der Waals surface area (Å²) in [6.07, 6.45) is 5.48. The van der Waals surface area contributed by atoms with Crippen molar-refractivity contribution in [1.82, 2.24) is 0 Å². The summed E-state index contributed by atoms with van der Waals surface area (Å²) in [5.74, 6) is 0.717. The molecule has 3 nitrogen and oxygen atoms in total. The van der Waals surface area contributed by atoms with Gasteiger partial charge in [0.15, 0.2) is 0 Å². The summed E-state index contributed by atoms with van der Waals surface area (Å²) in [5.41, 5.74) is -1.13. The fourth-order valence-electron chi connectivity index (χ4n) is 6.17. The van der Waals surface area contributed by atoms with Gasteiger partial charge in [-0.05, 0) is 51.4 Å². The smallest absolute Gasteiger partial charge is 0.141 e. The second kappa shape index (κ2) is 4.92. The van der Waals surface area contributed by atoms with Crippen LogP contribution in [0.2, 0.25) is 0 Å². The monoisotopic (exact) mass is 320 g/mol. The second-order valence-corrected chi connectivity index (χ2v) is 9.34. The van der Waals surface area contributed by atoms with E-state index in [1.165, 1.54) is 0 Å². The van der Waals surface area contributed by atoms with Gasteiger partial charge in [0.05, 0.1) is 17.3 Å². The Morgan fingerprint density at radius 3 is 2.35 bits per heavy atom. The Morgan fingerprint density at radius 1 is 1.13 bits per heavy atom. The Kier molecular flexibility index (Phi) is 3.67. The molecule has 0 aromatic heterocycles. The molecule has 0 bridgehead atoms. The molecule has 3 heteroatoms. The zero-order chi connectivity index (χ0) is 17.3. The van der Waals surface area contributed by atoms with Gasteiger partial charge in [-0.3, -0.25) is 4.79 Å². The van der Waals surface area contributed by atoms with Crippen LogP contribution in [0.4, 0.5) is 0 Å². The number of hydrogen-bond donors (Lipinski definition) is 1. The van der Waals surface area contributed by atoms with Crippen LogP contribution in [0.3, 0.4) is 0 Å². The first-order valence-corrected chi connectivity index (χ1v) is 9.05. The number of hydrogen-bond acceptors (Lipinski definition) is 3. The number of Topliss-reactive ketones (excluding diaryl/α,β-unsaturated/α-hetero) is 1. The number of ether oxygens (including phenoxy) is 1. The van der Waals surface area contributed by atoms with Gasteiger partial charge in [0.25, 0.3) is 0 Å². The molecule has 3 aliphatic rings. The molecule has 1 aliphatic heterocycles. The minimum atomic E-state index is -0.561. The lowest BCUT2D eigenvalue weighted by Gasteiger charge is -2.65. The number of carbonyl (C=O) groups is 1. The lowest BCUT2D eigenvalue weighted by Crippen LogP contribution is -2.67. The lowest BCUT2D eigenvalue weighted by atomic mass is 9.43. The molecule has 1 N–H and O–H groups in total. The molecule has 3 fully saturated rings. The third kappa shape index (κ3) is 2.19. The largest absolute Gasteiger partial charge is 0.392 e. The van der Waals surface area contributed by atoms with Crippen LogP contribution in [0.1, 0.15) is 66.7 Å². The van der Waals surface area contributed by atoms with Crippen molar-refractivity contribution in [3.63, 3.8) is 0 Å². The molecule has 6 atom stereocenters. The summed E-state index contributed by atoms with van der Waals surface area (Å²) in [5, 5.41) is 10.9. The minimum Gasteiger partial charge on any atom is -0.392 e. The Hall–Kier alpha value is -0.670. The van der Waals surface area contributed by atoms with E-state index in [1.807, 2.05) is 6.08 Å². The Labute approximate surface area is 140 Å². The number of carbonyl (C=O) groups excluding carboxylic acids is 1. The molecule has 2 saturated carbocycles. The van der Waals surface area contributed by atoms with E-state index in [1.54, 1.807) is 0 Å². The average molecular weight is 320 g/mol. The Morgan fingerprint density at radius 2 is 1.74 bits per heavy atom. The summed E-state index contributed by atoms with van der Waals surface area (Å²) in [7, 11) is 0. The molecule has 2 aliphatic carbocycles. The van der Waals surface area contributed by atoms with E-state index >= 15 is 0 Å². The molecule has 0 radical (unpaired) electrons.